The van der Waals surface area contributed by atoms with Crippen LogP contribution in [0.1, 0.15) is 40.5 Å². The van der Waals surface area contributed by atoms with Crippen molar-refractivity contribution in [3.8, 4) is 0 Å². The molecule has 1 aliphatic rings. The Balaban J connectivity index is 2.46. The van der Waals surface area contributed by atoms with Crippen LogP contribution in [0.5, 0.6) is 0 Å². The molecule has 0 N–H and O–H groups in total. The zero-order chi connectivity index (χ0) is 11.5. The SMILES string of the molecule is CC[C@@H](C)C=CC(=S)C(C)(C)C[C@@H]1CS1. The van der Waals surface area contributed by atoms with E-state index in [1.54, 1.807) is 0 Å². The second kappa shape index (κ2) is 5.49. The lowest BCUT2D eigenvalue weighted by molar-refractivity contribution is 0.496. The molecule has 0 bridgehead atoms. The Hall–Kier alpha value is 0.180. The lowest BCUT2D eigenvalue weighted by Crippen LogP contribution is -2.22. The van der Waals surface area contributed by atoms with Gasteiger partial charge in [-0.15, -0.1) is 0 Å². The molecule has 1 heterocycles. The van der Waals surface area contributed by atoms with Gasteiger partial charge in [0.2, 0.25) is 0 Å². The summed E-state index contributed by atoms with van der Waals surface area (Å²) in [7, 11) is 0. The van der Waals surface area contributed by atoms with Crippen molar-refractivity contribution in [3.63, 3.8) is 0 Å². The van der Waals surface area contributed by atoms with Crippen LogP contribution in [0.4, 0.5) is 0 Å². The average Bonchev–Trinajstić information content (AvgIpc) is 2.96. The van der Waals surface area contributed by atoms with Gasteiger partial charge in [0.05, 0.1) is 0 Å². The molecule has 0 aromatic carbocycles. The number of hydrogen-bond donors (Lipinski definition) is 0. The van der Waals surface area contributed by atoms with E-state index in [0.29, 0.717) is 5.92 Å². The van der Waals surface area contributed by atoms with Crippen LogP contribution in [0, 0.1) is 11.3 Å². The fourth-order valence-electron chi connectivity index (χ4n) is 1.47. The molecule has 0 nitrogen and oxygen atoms in total. The molecule has 0 aliphatic carbocycles. The molecule has 1 rings (SSSR count). The molecule has 0 aromatic heterocycles. The minimum atomic E-state index is 0.202. The van der Waals surface area contributed by atoms with E-state index in [1.165, 1.54) is 18.6 Å². The Morgan fingerprint density at radius 2 is 2.20 bits per heavy atom. The third-order valence-electron chi connectivity index (χ3n) is 3.03. The summed E-state index contributed by atoms with van der Waals surface area (Å²) >= 11 is 7.56. The van der Waals surface area contributed by atoms with E-state index in [-0.39, 0.29) is 5.41 Å². The Bertz CT molecular complexity index is 249. The first kappa shape index (κ1) is 13.2. The van der Waals surface area contributed by atoms with Gasteiger partial charge in [0.15, 0.2) is 0 Å². The molecule has 15 heavy (non-hydrogen) atoms. The molecule has 0 spiro atoms. The summed E-state index contributed by atoms with van der Waals surface area (Å²) in [6.07, 6.45) is 6.85. The maximum Gasteiger partial charge on any atom is 0.0205 e. The van der Waals surface area contributed by atoms with Gasteiger partial charge in [0.25, 0.3) is 0 Å². The van der Waals surface area contributed by atoms with Crippen LogP contribution in [0.25, 0.3) is 0 Å². The minimum absolute atomic E-state index is 0.202. The van der Waals surface area contributed by atoms with Gasteiger partial charge in [0, 0.05) is 21.3 Å². The Labute approximate surface area is 104 Å². The van der Waals surface area contributed by atoms with Crippen LogP contribution >= 0.6 is 24.0 Å². The summed E-state index contributed by atoms with van der Waals surface area (Å²) < 4.78 is 0. The van der Waals surface area contributed by atoms with Crippen LogP contribution < -0.4 is 0 Å². The van der Waals surface area contributed by atoms with E-state index in [0.717, 1.165) is 10.1 Å². The van der Waals surface area contributed by atoms with Crippen LogP contribution in [0.2, 0.25) is 0 Å². The Morgan fingerprint density at radius 1 is 1.60 bits per heavy atom. The zero-order valence-corrected chi connectivity index (χ0v) is 11.9. The first-order valence-electron chi connectivity index (χ1n) is 5.80. The zero-order valence-electron chi connectivity index (χ0n) is 10.2. The molecule has 1 saturated heterocycles. The molecule has 1 aliphatic heterocycles. The van der Waals surface area contributed by atoms with Gasteiger partial charge in [-0.2, -0.15) is 11.8 Å². The normalized spacial score (nSPS) is 23.1. The molecule has 0 saturated carbocycles. The van der Waals surface area contributed by atoms with Crippen LogP contribution in [0.3, 0.4) is 0 Å². The Morgan fingerprint density at radius 3 is 2.67 bits per heavy atom. The molecule has 86 valence electrons. The quantitative estimate of drug-likeness (QED) is 0.382. The molecule has 2 heteroatoms. The van der Waals surface area contributed by atoms with E-state index in [2.05, 4.69) is 51.6 Å². The maximum absolute atomic E-state index is 5.51. The van der Waals surface area contributed by atoms with Gasteiger partial charge in [-0.25, -0.2) is 0 Å². The van der Waals surface area contributed by atoms with Crippen molar-refractivity contribution < 1.29 is 0 Å². The Kier molecular flexibility index (Phi) is 4.85. The second-order valence-corrected chi connectivity index (χ2v) is 6.93. The molecular weight excluding hydrogens is 220 g/mol. The highest BCUT2D eigenvalue weighted by atomic mass is 32.2. The van der Waals surface area contributed by atoms with E-state index in [1.807, 2.05) is 0 Å². The van der Waals surface area contributed by atoms with E-state index >= 15 is 0 Å². The van der Waals surface area contributed by atoms with Gasteiger partial charge < -0.3 is 0 Å². The molecule has 0 aromatic rings. The fourth-order valence-corrected chi connectivity index (χ4v) is 2.42. The third kappa shape index (κ3) is 4.69. The largest absolute Gasteiger partial charge is 0.157 e. The van der Waals surface area contributed by atoms with Gasteiger partial charge in [0.1, 0.15) is 0 Å². The van der Waals surface area contributed by atoms with Crippen molar-refractivity contribution in [3.05, 3.63) is 12.2 Å². The molecule has 0 unspecified atom stereocenters. The molecular formula is C13H22S2. The third-order valence-corrected chi connectivity index (χ3v) is 4.69. The smallest absolute Gasteiger partial charge is 0.0205 e. The predicted molar refractivity (Wildman–Crippen MR) is 75.8 cm³/mol. The minimum Gasteiger partial charge on any atom is -0.157 e. The van der Waals surface area contributed by atoms with Crippen molar-refractivity contribution in [2.75, 3.05) is 5.75 Å². The summed E-state index contributed by atoms with van der Waals surface area (Å²) in [4.78, 5) is 1.12. The molecule has 0 amide bonds. The van der Waals surface area contributed by atoms with Crippen molar-refractivity contribution in [2.45, 2.75) is 45.8 Å². The first-order valence-corrected chi connectivity index (χ1v) is 7.25. The monoisotopic (exact) mass is 242 g/mol. The summed E-state index contributed by atoms with van der Waals surface area (Å²) in [6, 6.07) is 0. The number of hydrogen-bond acceptors (Lipinski definition) is 2. The average molecular weight is 242 g/mol. The molecule has 0 radical (unpaired) electrons. The fraction of sp³-hybridized carbons (Fsp3) is 0.769. The molecule has 1 fully saturated rings. The number of rotatable bonds is 6. The maximum atomic E-state index is 5.51. The first-order chi connectivity index (χ1) is 6.95. The summed E-state index contributed by atoms with van der Waals surface area (Å²) in [5, 5.41) is 0.870. The van der Waals surface area contributed by atoms with Crippen molar-refractivity contribution in [2.24, 2.45) is 11.3 Å². The van der Waals surface area contributed by atoms with E-state index in [4.69, 9.17) is 12.2 Å². The van der Waals surface area contributed by atoms with Gasteiger partial charge in [-0.3, -0.25) is 0 Å². The summed E-state index contributed by atoms with van der Waals surface area (Å²) in [5.41, 5.74) is 0.202. The highest BCUT2D eigenvalue weighted by molar-refractivity contribution is 8.06. The number of thioether (sulfide) groups is 1. The van der Waals surface area contributed by atoms with E-state index in [9.17, 15) is 0 Å². The van der Waals surface area contributed by atoms with Crippen LogP contribution in [0.15, 0.2) is 12.2 Å². The lowest BCUT2D eigenvalue weighted by atomic mass is 9.84. The second-order valence-electron chi connectivity index (χ2n) is 5.15. The molecule has 2 atom stereocenters. The lowest BCUT2D eigenvalue weighted by Gasteiger charge is -2.23. The predicted octanol–water partition coefficient (Wildman–Crippen LogP) is 4.49. The number of allylic oxidation sites excluding steroid dienone is 2. The van der Waals surface area contributed by atoms with Crippen molar-refractivity contribution in [1.29, 1.82) is 0 Å². The standard InChI is InChI=1S/C13H22S2/c1-5-10(2)6-7-12(14)13(3,4)8-11-9-15-11/h6-7,10-11H,5,8-9H2,1-4H3/t10-,11-/m1/s1. The van der Waals surface area contributed by atoms with Gasteiger partial charge in [-0.1, -0.05) is 58.5 Å². The number of thiocarbonyl (C=S) groups is 1. The van der Waals surface area contributed by atoms with E-state index < -0.39 is 0 Å². The topological polar surface area (TPSA) is 0 Å². The van der Waals surface area contributed by atoms with Crippen LogP contribution in [-0.4, -0.2) is 15.9 Å². The van der Waals surface area contributed by atoms with Crippen molar-refractivity contribution >= 4 is 28.8 Å². The van der Waals surface area contributed by atoms with Crippen molar-refractivity contribution in [1.82, 2.24) is 0 Å². The van der Waals surface area contributed by atoms with Crippen LogP contribution in [-0.2, 0) is 0 Å². The summed E-state index contributed by atoms with van der Waals surface area (Å²) in [6.45, 7) is 9.00. The highest BCUT2D eigenvalue weighted by Crippen LogP contribution is 2.40. The van der Waals surface area contributed by atoms with Gasteiger partial charge in [-0.05, 0) is 12.3 Å². The highest BCUT2D eigenvalue weighted by Gasteiger charge is 2.32. The summed E-state index contributed by atoms with van der Waals surface area (Å²) in [5.74, 6) is 1.98. The van der Waals surface area contributed by atoms with Gasteiger partial charge >= 0.3 is 0 Å².